The number of aliphatic hydroxyl groups is 3. The van der Waals surface area contributed by atoms with E-state index < -0.39 is 73.5 Å². The summed E-state index contributed by atoms with van der Waals surface area (Å²) in [6.45, 7) is -0.961. The zero-order valence-electron chi connectivity index (χ0n) is 15.0. The van der Waals surface area contributed by atoms with Gasteiger partial charge in [-0.25, -0.2) is 0 Å². The second kappa shape index (κ2) is 13.4. The first kappa shape index (κ1) is 30.2. The fraction of sp³-hybridized carbons (Fsp3) is 0.786. The Labute approximate surface area is 184 Å². The molecular weight excluding hydrogens is 461 g/mol. The lowest BCUT2D eigenvalue weighted by atomic mass is 9.79. The van der Waals surface area contributed by atoms with Gasteiger partial charge in [-0.2, -0.15) is 0 Å². The lowest BCUT2D eigenvalue weighted by Crippen LogP contribution is -2.74. The van der Waals surface area contributed by atoms with E-state index in [1.807, 2.05) is 0 Å². The van der Waals surface area contributed by atoms with E-state index in [1.54, 1.807) is 0 Å². The second-order valence-electron chi connectivity index (χ2n) is 6.27. The predicted octanol–water partition coefficient (Wildman–Crippen LogP) is -3.29. The van der Waals surface area contributed by atoms with Crippen molar-refractivity contribution in [2.75, 3.05) is 19.7 Å². The van der Waals surface area contributed by atoms with Crippen LogP contribution in [-0.2, 0) is 19.1 Å². The van der Waals surface area contributed by atoms with E-state index in [9.17, 15) is 29.7 Å². The molecule has 0 aromatic carbocycles. The highest BCUT2D eigenvalue weighted by atomic mass is 35.5. The third-order valence-electron chi connectivity index (χ3n) is 4.51. The van der Waals surface area contributed by atoms with E-state index in [0.29, 0.717) is 6.42 Å². The summed E-state index contributed by atoms with van der Waals surface area (Å²) in [7, 11) is 0. The van der Waals surface area contributed by atoms with Crippen LogP contribution in [0.25, 0.3) is 0 Å². The van der Waals surface area contributed by atoms with Gasteiger partial charge in [0, 0.05) is 6.42 Å². The molecule has 0 aromatic rings. The number of carboxylic acids is 2. The summed E-state index contributed by atoms with van der Waals surface area (Å²) in [6, 6.07) is -4.28. The smallest absolute Gasteiger partial charge is 0.323 e. The third kappa shape index (κ3) is 7.66. The summed E-state index contributed by atoms with van der Waals surface area (Å²) in [5, 5.41) is 56.7. The van der Waals surface area contributed by atoms with Crippen LogP contribution in [0.3, 0.4) is 0 Å². The van der Waals surface area contributed by atoms with Crippen LogP contribution in [0.15, 0.2) is 0 Å². The van der Waals surface area contributed by atoms with Crippen molar-refractivity contribution in [2.45, 2.75) is 48.9 Å². The molecule has 1 saturated carbocycles. The summed E-state index contributed by atoms with van der Waals surface area (Å²) >= 11 is 0. The quantitative estimate of drug-likeness (QED) is 0.159. The van der Waals surface area contributed by atoms with Gasteiger partial charge in [-0.3, -0.25) is 30.3 Å². The van der Waals surface area contributed by atoms with Crippen LogP contribution >= 0.6 is 37.2 Å². The lowest BCUT2D eigenvalue weighted by molar-refractivity contribution is -0.141. The number of aliphatic hydroxyl groups excluding tert-OH is 3. The second-order valence-corrected chi connectivity index (χ2v) is 6.27. The topological polar surface area (TPSA) is 198 Å². The molecule has 2 fully saturated rings. The number of hydrogen-bond acceptors (Lipinski definition) is 10. The summed E-state index contributed by atoms with van der Waals surface area (Å²) in [4.78, 5) is 33.2. The molecule has 12 nitrogen and oxygen atoms in total. The molecule has 172 valence electrons. The maximum absolute atomic E-state index is 11.6. The van der Waals surface area contributed by atoms with Crippen molar-refractivity contribution in [3.05, 3.63) is 0 Å². The number of carbonyl (C=O) groups is 3. The van der Waals surface area contributed by atoms with Crippen molar-refractivity contribution in [3.8, 4) is 0 Å². The van der Waals surface area contributed by atoms with Crippen LogP contribution < -0.4 is 16.0 Å². The minimum absolute atomic E-state index is 0. The Morgan fingerprint density at radius 3 is 1.62 bits per heavy atom. The molecule has 29 heavy (non-hydrogen) atoms. The van der Waals surface area contributed by atoms with Crippen LogP contribution in [0.5, 0.6) is 0 Å². The Hall–Kier alpha value is -0.960. The number of rotatable bonds is 8. The van der Waals surface area contributed by atoms with Gasteiger partial charge in [-0.15, -0.1) is 37.2 Å². The summed E-state index contributed by atoms with van der Waals surface area (Å²) in [5.74, 6) is -3.01. The van der Waals surface area contributed by atoms with Crippen LogP contribution in [0.2, 0.25) is 0 Å². The van der Waals surface area contributed by atoms with E-state index in [4.69, 9.17) is 14.9 Å². The van der Waals surface area contributed by atoms with Crippen molar-refractivity contribution in [1.29, 1.82) is 0 Å². The molecule has 1 aliphatic heterocycles. The number of hydrogen-bond donors (Lipinski definition) is 8. The van der Waals surface area contributed by atoms with Gasteiger partial charge < -0.3 is 30.3 Å². The van der Waals surface area contributed by atoms with Crippen molar-refractivity contribution in [3.63, 3.8) is 0 Å². The van der Waals surface area contributed by atoms with Gasteiger partial charge in [0.05, 0.1) is 56.1 Å². The van der Waals surface area contributed by atoms with E-state index in [-0.39, 0.29) is 43.8 Å². The SMILES string of the molecule is Cl.Cl.Cl.O=C(O)CN[C@@H]1[C@H](O)[C@H](NCC(=O)O)[C@H](O)[C@H](NC2CCOC2=O)[C@@H]1O. The molecule has 0 spiro atoms. The number of ether oxygens (including phenoxy) is 1. The van der Waals surface area contributed by atoms with Gasteiger partial charge in [-0.1, -0.05) is 0 Å². The van der Waals surface area contributed by atoms with Gasteiger partial charge in [0.1, 0.15) is 6.04 Å². The van der Waals surface area contributed by atoms with Crippen molar-refractivity contribution < 1.29 is 44.7 Å². The number of halogens is 3. The zero-order valence-corrected chi connectivity index (χ0v) is 17.4. The molecular formula is C14H26Cl3N3O9. The molecule has 2 aliphatic rings. The van der Waals surface area contributed by atoms with Gasteiger partial charge in [0.15, 0.2) is 0 Å². The standard InChI is InChI=1S/C14H23N3O9.3ClH/c18-6(19)3-15-8-11(22)9(16-4-7(20)21)13(24)10(12(8)23)17-5-1-2-26-14(5)25;;;/h5,8-13,15-17,22-24H,1-4H2,(H,18,19)(H,20,21);3*1H/t5?,8-,9+,10-,11+,12-,13+;;;. The number of carboxylic acid groups (broad SMARTS) is 2. The maximum Gasteiger partial charge on any atom is 0.323 e. The molecule has 8 N–H and O–H groups in total. The molecule has 1 unspecified atom stereocenters. The largest absolute Gasteiger partial charge is 0.480 e. The van der Waals surface area contributed by atoms with Gasteiger partial charge in [-0.05, 0) is 0 Å². The van der Waals surface area contributed by atoms with Crippen LogP contribution in [0.1, 0.15) is 6.42 Å². The molecule has 0 aromatic heterocycles. The minimum Gasteiger partial charge on any atom is -0.480 e. The number of carbonyl (C=O) groups excluding carboxylic acids is 1. The molecule has 0 bridgehead atoms. The van der Waals surface area contributed by atoms with Gasteiger partial charge in [0.25, 0.3) is 0 Å². The highest BCUT2D eigenvalue weighted by Crippen LogP contribution is 2.23. The highest BCUT2D eigenvalue weighted by molar-refractivity contribution is 5.86. The number of cyclic esters (lactones) is 1. The lowest BCUT2D eigenvalue weighted by Gasteiger charge is -2.47. The summed E-state index contributed by atoms with van der Waals surface area (Å²) < 4.78 is 4.81. The van der Waals surface area contributed by atoms with Crippen molar-refractivity contribution >= 4 is 55.1 Å². The molecule has 2 rings (SSSR count). The Balaban J connectivity index is 0. The predicted molar refractivity (Wildman–Crippen MR) is 105 cm³/mol. The molecule has 1 aliphatic carbocycles. The fourth-order valence-electron chi connectivity index (χ4n) is 3.25. The summed E-state index contributed by atoms with van der Waals surface area (Å²) in [6.07, 6.45) is -4.06. The molecule has 1 saturated heterocycles. The summed E-state index contributed by atoms with van der Waals surface area (Å²) in [5.41, 5.74) is 0. The number of nitrogens with one attached hydrogen (secondary N) is 3. The first-order valence-electron chi connectivity index (χ1n) is 8.09. The third-order valence-corrected chi connectivity index (χ3v) is 4.51. The molecule has 1 heterocycles. The van der Waals surface area contributed by atoms with E-state index in [2.05, 4.69) is 16.0 Å². The minimum atomic E-state index is -1.48. The van der Waals surface area contributed by atoms with Gasteiger partial charge >= 0.3 is 17.9 Å². The average molecular weight is 487 g/mol. The molecule has 7 atom stereocenters. The Kier molecular flexibility index (Phi) is 13.9. The van der Waals surface area contributed by atoms with Crippen LogP contribution in [0, 0.1) is 0 Å². The van der Waals surface area contributed by atoms with E-state index >= 15 is 0 Å². The maximum atomic E-state index is 11.6. The van der Waals surface area contributed by atoms with Gasteiger partial charge in [0.2, 0.25) is 0 Å². The zero-order chi connectivity index (χ0) is 19.4. The van der Waals surface area contributed by atoms with Crippen molar-refractivity contribution in [1.82, 2.24) is 16.0 Å². The Morgan fingerprint density at radius 1 is 0.862 bits per heavy atom. The average Bonchev–Trinajstić information content (AvgIpc) is 2.95. The van der Waals surface area contributed by atoms with E-state index in [0.717, 1.165) is 0 Å². The highest BCUT2D eigenvalue weighted by Gasteiger charge is 2.50. The van der Waals surface area contributed by atoms with E-state index in [1.165, 1.54) is 0 Å². The normalized spacial score (nSPS) is 33.5. The molecule has 0 amide bonds. The van der Waals surface area contributed by atoms with Crippen molar-refractivity contribution in [2.24, 2.45) is 0 Å². The monoisotopic (exact) mass is 485 g/mol. The Morgan fingerprint density at radius 2 is 1.28 bits per heavy atom. The fourth-order valence-corrected chi connectivity index (χ4v) is 3.25. The first-order valence-corrected chi connectivity index (χ1v) is 8.09. The number of aliphatic carboxylic acids is 2. The first-order chi connectivity index (χ1) is 12.2. The molecule has 0 radical (unpaired) electrons. The Bertz CT molecular complexity index is 528. The molecule has 15 heteroatoms. The van der Waals surface area contributed by atoms with Crippen LogP contribution in [-0.4, -0.2) is 106 Å². The number of esters is 1. The van der Waals surface area contributed by atoms with Crippen LogP contribution in [0.4, 0.5) is 0 Å².